The fraction of sp³-hybridized carbons (Fsp3) is 0.923. The first-order valence-corrected chi connectivity index (χ1v) is 7.10. The van der Waals surface area contributed by atoms with Crippen molar-refractivity contribution in [3.8, 4) is 5.40 Å². The molecule has 0 radical (unpaired) electrons. The van der Waals surface area contributed by atoms with E-state index < -0.39 is 0 Å². The molecule has 2 fully saturated rings. The molecule has 3 heteroatoms. The maximum atomic E-state index is 7.18. The molecule has 0 amide bonds. The summed E-state index contributed by atoms with van der Waals surface area (Å²) < 4.78 is 0. The van der Waals surface area contributed by atoms with Gasteiger partial charge in [-0.25, -0.2) is 0 Å². The number of hydrogen-bond acceptors (Lipinski definition) is 3. The van der Waals surface area contributed by atoms with Crippen molar-refractivity contribution in [3.05, 3.63) is 0 Å². The molecule has 2 aliphatic carbocycles. The van der Waals surface area contributed by atoms with Crippen LogP contribution in [0.15, 0.2) is 0 Å². The van der Waals surface area contributed by atoms with E-state index in [1.807, 2.05) is 0 Å². The van der Waals surface area contributed by atoms with E-state index in [9.17, 15) is 0 Å². The highest BCUT2D eigenvalue weighted by atomic mass is 32.1. The summed E-state index contributed by atoms with van der Waals surface area (Å²) in [4.78, 5) is 0. The summed E-state index contributed by atoms with van der Waals surface area (Å²) >= 11 is 3.09. The average molecular weight is 240 g/mol. The Morgan fingerprint density at radius 2 is 1.12 bits per heavy atom. The summed E-state index contributed by atoms with van der Waals surface area (Å²) in [6, 6.07) is 1.74. The molecule has 0 aromatic rings. The van der Waals surface area contributed by atoms with Gasteiger partial charge in [-0.15, -0.1) is 0 Å². The fourth-order valence-electron chi connectivity index (χ4n) is 2.87. The molecule has 0 aromatic heterocycles. The van der Waals surface area contributed by atoms with Gasteiger partial charge < -0.3 is 5.32 Å². The Labute approximate surface area is 105 Å². The van der Waals surface area contributed by atoms with Crippen LogP contribution in [0.2, 0.25) is 0 Å². The molecular formula is C13H24N2S. The monoisotopic (exact) mass is 240 g/mol. The largest absolute Gasteiger partial charge is 0.311 e. The van der Waals surface area contributed by atoms with Crippen molar-refractivity contribution in [2.45, 2.75) is 76.3 Å². The van der Waals surface area contributed by atoms with Crippen LogP contribution in [0.3, 0.4) is 0 Å². The molecule has 1 N–H and O–H groups in total. The van der Waals surface area contributed by atoms with Gasteiger partial charge in [0.1, 0.15) is 5.40 Å². The topological polar surface area (TPSA) is 35.8 Å². The van der Waals surface area contributed by atoms with Crippen molar-refractivity contribution < 1.29 is 0 Å². The lowest BCUT2D eigenvalue weighted by molar-refractivity contribution is 0.291. The van der Waals surface area contributed by atoms with Crippen LogP contribution < -0.4 is 5.32 Å². The number of thiol groups is 1. The fourth-order valence-corrected chi connectivity index (χ4v) is 2.87. The van der Waals surface area contributed by atoms with E-state index in [1.54, 1.807) is 0 Å². The predicted octanol–water partition coefficient (Wildman–Crippen LogP) is 3.64. The molecule has 0 bridgehead atoms. The molecule has 0 aromatic carbocycles. The number of hydrogen-bond donors (Lipinski definition) is 2. The maximum Gasteiger partial charge on any atom is 0.130 e. The van der Waals surface area contributed by atoms with E-state index in [-0.39, 0.29) is 0 Å². The summed E-state index contributed by atoms with van der Waals surface area (Å²) in [5, 5.41) is 12.5. The molecule has 2 aliphatic rings. The molecule has 2 rings (SSSR count). The van der Waals surface area contributed by atoms with Gasteiger partial charge in [0.15, 0.2) is 0 Å². The average Bonchev–Trinajstić information content (AvgIpc) is 2.33. The third-order valence-corrected chi connectivity index (χ3v) is 3.68. The van der Waals surface area contributed by atoms with Crippen LogP contribution in [0, 0.1) is 10.7 Å². The Hall–Kier alpha value is -0.200. The summed E-state index contributed by atoms with van der Waals surface area (Å²) in [5.74, 6) is 0. The van der Waals surface area contributed by atoms with Crippen molar-refractivity contribution in [1.29, 1.82) is 5.26 Å². The Morgan fingerprint density at radius 3 is 1.44 bits per heavy atom. The van der Waals surface area contributed by atoms with Crippen LogP contribution in [-0.4, -0.2) is 12.1 Å². The minimum absolute atomic E-state index is 0.872. The SMILES string of the molecule is C1CCC(NC2CCCCC2)CC1.N#CS. The third kappa shape index (κ3) is 5.77. The van der Waals surface area contributed by atoms with E-state index in [4.69, 9.17) is 5.26 Å². The molecular weight excluding hydrogens is 216 g/mol. The van der Waals surface area contributed by atoms with Gasteiger partial charge in [0, 0.05) is 12.1 Å². The lowest BCUT2D eigenvalue weighted by Gasteiger charge is -2.30. The minimum atomic E-state index is 0.872. The zero-order chi connectivity index (χ0) is 11.6. The Balaban J connectivity index is 0.000000386. The van der Waals surface area contributed by atoms with E-state index in [0.29, 0.717) is 0 Å². The standard InChI is InChI=1S/C12H23N.CHNS/c1-3-7-11(8-4-1)13-12-9-5-2-6-10-12;2-1-3/h11-13H,1-10H2;3H. The van der Waals surface area contributed by atoms with Gasteiger partial charge in [0.25, 0.3) is 0 Å². The smallest absolute Gasteiger partial charge is 0.130 e. The van der Waals surface area contributed by atoms with Crippen molar-refractivity contribution in [2.24, 2.45) is 0 Å². The van der Waals surface area contributed by atoms with Crippen LogP contribution in [0.5, 0.6) is 0 Å². The first-order valence-electron chi connectivity index (χ1n) is 6.66. The van der Waals surface area contributed by atoms with E-state index >= 15 is 0 Å². The highest BCUT2D eigenvalue weighted by Crippen LogP contribution is 2.22. The lowest BCUT2D eigenvalue weighted by Crippen LogP contribution is -2.40. The van der Waals surface area contributed by atoms with E-state index in [1.165, 1.54) is 69.6 Å². The molecule has 0 saturated heterocycles. The summed E-state index contributed by atoms with van der Waals surface area (Å²) in [6.07, 6.45) is 14.6. The second-order valence-electron chi connectivity index (χ2n) is 4.94. The lowest BCUT2D eigenvalue weighted by atomic mass is 9.91. The van der Waals surface area contributed by atoms with Gasteiger partial charge in [0.05, 0.1) is 0 Å². The molecule has 0 heterocycles. The van der Waals surface area contributed by atoms with Crippen molar-refractivity contribution in [1.82, 2.24) is 5.32 Å². The first-order chi connectivity index (χ1) is 7.86. The van der Waals surface area contributed by atoms with Gasteiger partial charge in [0.2, 0.25) is 0 Å². The Kier molecular flexibility index (Phi) is 7.71. The van der Waals surface area contributed by atoms with Gasteiger partial charge in [-0.05, 0) is 25.7 Å². The van der Waals surface area contributed by atoms with Crippen LogP contribution in [-0.2, 0) is 0 Å². The molecule has 2 saturated carbocycles. The highest BCUT2D eigenvalue weighted by molar-refractivity contribution is 7.85. The second kappa shape index (κ2) is 8.90. The molecule has 16 heavy (non-hydrogen) atoms. The normalized spacial score (nSPS) is 23.0. The zero-order valence-electron chi connectivity index (χ0n) is 10.1. The van der Waals surface area contributed by atoms with Crippen molar-refractivity contribution >= 4 is 12.6 Å². The second-order valence-corrected chi connectivity index (χ2v) is 5.14. The summed E-state index contributed by atoms with van der Waals surface area (Å²) in [6.45, 7) is 0. The highest BCUT2D eigenvalue weighted by Gasteiger charge is 2.19. The third-order valence-electron chi connectivity index (χ3n) is 3.68. The number of nitrogens with one attached hydrogen (secondary N) is 1. The van der Waals surface area contributed by atoms with E-state index in [2.05, 4.69) is 17.9 Å². The predicted molar refractivity (Wildman–Crippen MR) is 71.5 cm³/mol. The minimum Gasteiger partial charge on any atom is -0.311 e. The van der Waals surface area contributed by atoms with E-state index in [0.717, 1.165) is 12.1 Å². The van der Waals surface area contributed by atoms with Crippen LogP contribution >= 0.6 is 12.6 Å². The summed E-state index contributed by atoms with van der Waals surface area (Å²) in [5.41, 5.74) is 0. The molecule has 0 spiro atoms. The summed E-state index contributed by atoms with van der Waals surface area (Å²) in [7, 11) is 0. The molecule has 0 atom stereocenters. The quantitative estimate of drug-likeness (QED) is 0.571. The molecule has 0 aliphatic heterocycles. The Bertz CT molecular complexity index is 184. The van der Waals surface area contributed by atoms with Gasteiger partial charge in [-0.3, -0.25) is 0 Å². The van der Waals surface area contributed by atoms with Crippen molar-refractivity contribution in [2.75, 3.05) is 0 Å². The maximum absolute atomic E-state index is 7.18. The van der Waals surface area contributed by atoms with Crippen LogP contribution in [0.4, 0.5) is 0 Å². The number of nitriles is 1. The molecule has 92 valence electrons. The Morgan fingerprint density at radius 1 is 0.812 bits per heavy atom. The van der Waals surface area contributed by atoms with Gasteiger partial charge in [-0.1, -0.05) is 51.2 Å². The zero-order valence-corrected chi connectivity index (χ0v) is 11.0. The van der Waals surface area contributed by atoms with Crippen molar-refractivity contribution in [3.63, 3.8) is 0 Å². The number of rotatable bonds is 2. The van der Waals surface area contributed by atoms with Crippen LogP contribution in [0.1, 0.15) is 64.2 Å². The number of thiocyanates is 1. The first kappa shape index (κ1) is 13.9. The van der Waals surface area contributed by atoms with Gasteiger partial charge >= 0.3 is 0 Å². The molecule has 2 nitrogen and oxygen atoms in total. The number of nitrogens with zero attached hydrogens (tertiary/aromatic N) is 1. The molecule has 0 unspecified atom stereocenters. The van der Waals surface area contributed by atoms with Gasteiger partial charge in [-0.2, -0.15) is 5.26 Å². The van der Waals surface area contributed by atoms with Crippen LogP contribution in [0.25, 0.3) is 0 Å².